The minimum Gasteiger partial charge on any atom is -0.335 e. The van der Waals surface area contributed by atoms with Gasteiger partial charge in [-0.25, -0.2) is 9.78 Å². The minimum atomic E-state index is -0.611. The number of benzene rings is 1. The molecule has 2 N–H and O–H groups in total. The highest BCUT2D eigenvalue weighted by Crippen LogP contribution is 2.36. The SMILES string of the molecule is Cc1ccc(C)c(-n2c(SC(C)C(=O)NC(=O)NC3CC3)nc3sc4c(c3c2=O)CCCC4)c1. The first kappa shape index (κ1) is 23.1. The third kappa shape index (κ3) is 4.51. The molecule has 0 radical (unpaired) electrons. The average Bonchev–Trinajstić information content (AvgIpc) is 3.52. The average molecular weight is 497 g/mol. The Hall–Kier alpha value is -2.65. The number of nitrogens with one attached hydrogen (secondary N) is 2. The van der Waals surface area contributed by atoms with Gasteiger partial charge in [-0.1, -0.05) is 23.9 Å². The molecule has 9 heteroatoms. The third-order valence-corrected chi connectivity index (χ3v) is 8.60. The lowest BCUT2D eigenvalue weighted by atomic mass is 9.97. The number of aromatic nitrogens is 2. The van der Waals surface area contributed by atoms with E-state index in [2.05, 4.69) is 10.6 Å². The molecule has 2 aliphatic rings. The third-order valence-electron chi connectivity index (χ3n) is 6.36. The van der Waals surface area contributed by atoms with Gasteiger partial charge in [-0.2, -0.15) is 0 Å². The minimum absolute atomic E-state index is 0.0836. The maximum atomic E-state index is 14.0. The van der Waals surface area contributed by atoms with Crippen molar-refractivity contribution >= 4 is 45.3 Å². The van der Waals surface area contributed by atoms with E-state index in [1.165, 1.54) is 16.6 Å². The molecule has 5 rings (SSSR count). The van der Waals surface area contributed by atoms with E-state index in [1.54, 1.807) is 22.8 Å². The van der Waals surface area contributed by atoms with Crippen LogP contribution in [-0.4, -0.2) is 32.8 Å². The van der Waals surface area contributed by atoms with Gasteiger partial charge in [0.05, 0.1) is 16.3 Å². The maximum absolute atomic E-state index is 14.0. The molecule has 0 bridgehead atoms. The summed E-state index contributed by atoms with van der Waals surface area (Å²) in [4.78, 5) is 45.6. The van der Waals surface area contributed by atoms with Crippen LogP contribution in [0.25, 0.3) is 15.9 Å². The largest absolute Gasteiger partial charge is 0.335 e. The van der Waals surface area contributed by atoms with Gasteiger partial charge in [0.1, 0.15) is 4.83 Å². The molecule has 7 nitrogen and oxygen atoms in total. The fraction of sp³-hybridized carbons (Fsp3) is 0.440. The molecule has 2 aromatic heterocycles. The van der Waals surface area contributed by atoms with Gasteiger partial charge >= 0.3 is 6.03 Å². The second-order valence-electron chi connectivity index (χ2n) is 9.21. The van der Waals surface area contributed by atoms with E-state index in [0.29, 0.717) is 10.5 Å². The molecule has 0 spiro atoms. The Morgan fingerprint density at radius 3 is 2.74 bits per heavy atom. The quantitative estimate of drug-likeness (QED) is 0.403. The van der Waals surface area contributed by atoms with Crippen molar-refractivity contribution in [2.45, 2.75) is 75.7 Å². The fourth-order valence-electron chi connectivity index (χ4n) is 4.31. The van der Waals surface area contributed by atoms with E-state index in [4.69, 9.17) is 4.98 Å². The fourth-order valence-corrected chi connectivity index (χ4v) is 6.53. The van der Waals surface area contributed by atoms with Gasteiger partial charge in [0, 0.05) is 10.9 Å². The number of nitrogens with zero attached hydrogens (tertiary/aromatic N) is 2. The van der Waals surface area contributed by atoms with Gasteiger partial charge < -0.3 is 5.32 Å². The first-order valence-corrected chi connectivity index (χ1v) is 13.4. The van der Waals surface area contributed by atoms with E-state index in [-0.39, 0.29) is 11.6 Å². The van der Waals surface area contributed by atoms with Gasteiger partial charge in [0.25, 0.3) is 5.56 Å². The van der Waals surface area contributed by atoms with Gasteiger partial charge in [-0.05, 0) is 82.1 Å². The number of aryl methyl sites for hydroxylation is 4. The summed E-state index contributed by atoms with van der Waals surface area (Å²) < 4.78 is 1.66. The number of amides is 3. The molecule has 1 fully saturated rings. The molecule has 0 aliphatic heterocycles. The normalized spacial score (nSPS) is 16.2. The first-order valence-electron chi connectivity index (χ1n) is 11.7. The topological polar surface area (TPSA) is 93.1 Å². The zero-order valence-electron chi connectivity index (χ0n) is 19.6. The van der Waals surface area contributed by atoms with E-state index in [1.807, 2.05) is 32.0 Å². The van der Waals surface area contributed by atoms with Crippen LogP contribution in [0.4, 0.5) is 4.79 Å². The molecule has 1 aromatic carbocycles. The Balaban J connectivity index is 1.57. The van der Waals surface area contributed by atoms with Crippen LogP contribution < -0.4 is 16.2 Å². The summed E-state index contributed by atoms with van der Waals surface area (Å²) in [7, 11) is 0. The summed E-state index contributed by atoms with van der Waals surface area (Å²) in [6.07, 6.45) is 5.99. The Labute approximate surface area is 206 Å². The zero-order chi connectivity index (χ0) is 24.0. The smallest absolute Gasteiger partial charge is 0.321 e. The Kier molecular flexibility index (Phi) is 6.24. The van der Waals surface area contributed by atoms with Crippen molar-refractivity contribution in [3.63, 3.8) is 0 Å². The number of fused-ring (bicyclic) bond motifs is 3. The van der Waals surface area contributed by atoms with Gasteiger partial charge in [0.2, 0.25) is 5.91 Å². The van der Waals surface area contributed by atoms with E-state index >= 15 is 0 Å². The predicted molar refractivity (Wildman–Crippen MR) is 136 cm³/mol. The van der Waals surface area contributed by atoms with Gasteiger partial charge in [0.15, 0.2) is 5.16 Å². The van der Waals surface area contributed by atoms with Crippen LogP contribution in [0.15, 0.2) is 28.2 Å². The van der Waals surface area contributed by atoms with Gasteiger partial charge in [-0.15, -0.1) is 11.3 Å². The highest BCUT2D eigenvalue weighted by atomic mass is 32.2. The zero-order valence-corrected chi connectivity index (χ0v) is 21.2. The molecule has 0 saturated heterocycles. The molecule has 3 amide bonds. The predicted octanol–water partition coefficient (Wildman–Crippen LogP) is 4.41. The molecule has 2 heterocycles. The summed E-state index contributed by atoms with van der Waals surface area (Å²) in [6.45, 7) is 5.70. The highest BCUT2D eigenvalue weighted by molar-refractivity contribution is 8.00. The lowest BCUT2D eigenvalue weighted by Gasteiger charge is -2.18. The monoisotopic (exact) mass is 496 g/mol. The van der Waals surface area contributed by atoms with Crippen molar-refractivity contribution in [1.29, 1.82) is 0 Å². The van der Waals surface area contributed by atoms with Crippen molar-refractivity contribution in [2.24, 2.45) is 0 Å². The van der Waals surface area contributed by atoms with Crippen LogP contribution in [0, 0.1) is 13.8 Å². The number of hydrogen-bond acceptors (Lipinski definition) is 6. The van der Waals surface area contributed by atoms with Crippen LogP contribution in [0.5, 0.6) is 0 Å². The van der Waals surface area contributed by atoms with Crippen LogP contribution in [0.1, 0.15) is 54.2 Å². The van der Waals surface area contributed by atoms with Crippen LogP contribution >= 0.6 is 23.1 Å². The number of carbonyl (C=O) groups is 2. The molecule has 1 saturated carbocycles. The molecule has 178 valence electrons. The van der Waals surface area contributed by atoms with E-state index in [0.717, 1.165) is 65.7 Å². The first-order chi connectivity index (χ1) is 16.3. The van der Waals surface area contributed by atoms with Crippen LogP contribution in [-0.2, 0) is 17.6 Å². The standard InChI is InChI=1S/C25H28N4O3S2/c1-13-8-9-14(2)18(12-13)29-23(31)20-17-6-4-5-7-19(17)34-22(20)28-25(29)33-15(3)21(30)27-24(32)26-16-10-11-16/h8-9,12,15-16H,4-7,10-11H2,1-3H3,(H2,26,27,30,32). The van der Waals surface area contributed by atoms with Crippen LogP contribution in [0.2, 0.25) is 0 Å². The summed E-state index contributed by atoms with van der Waals surface area (Å²) in [6, 6.07) is 5.70. The summed E-state index contributed by atoms with van der Waals surface area (Å²) >= 11 is 2.80. The van der Waals surface area contributed by atoms with Crippen molar-refractivity contribution in [3.05, 3.63) is 50.1 Å². The Morgan fingerprint density at radius 1 is 1.21 bits per heavy atom. The lowest BCUT2D eigenvalue weighted by molar-refractivity contribution is -0.119. The lowest BCUT2D eigenvalue weighted by Crippen LogP contribution is -2.43. The molecular formula is C25H28N4O3S2. The molecule has 3 aromatic rings. The number of thiophene rings is 1. The van der Waals surface area contributed by atoms with Crippen molar-refractivity contribution < 1.29 is 9.59 Å². The number of thioether (sulfide) groups is 1. The summed E-state index contributed by atoms with van der Waals surface area (Å²) in [5.74, 6) is -0.407. The maximum Gasteiger partial charge on any atom is 0.321 e. The molecule has 2 aliphatic carbocycles. The number of hydrogen-bond donors (Lipinski definition) is 2. The van der Waals surface area contributed by atoms with Crippen molar-refractivity contribution in [3.8, 4) is 5.69 Å². The molecule has 34 heavy (non-hydrogen) atoms. The number of imide groups is 1. The molecule has 1 unspecified atom stereocenters. The molecule has 1 atom stereocenters. The van der Waals surface area contributed by atoms with Crippen molar-refractivity contribution in [2.75, 3.05) is 0 Å². The number of rotatable bonds is 5. The number of carbonyl (C=O) groups excluding carboxylic acids is 2. The van der Waals surface area contributed by atoms with Crippen molar-refractivity contribution in [1.82, 2.24) is 20.2 Å². The number of urea groups is 1. The van der Waals surface area contributed by atoms with E-state index in [9.17, 15) is 14.4 Å². The Bertz CT molecular complexity index is 1360. The van der Waals surface area contributed by atoms with E-state index < -0.39 is 17.2 Å². The Morgan fingerprint density at radius 2 is 1.97 bits per heavy atom. The second-order valence-corrected chi connectivity index (χ2v) is 11.6. The second kappa shape index (κ2) is 9.19. The summed E-state index contributed by atoms with van der Waals surface area (Å²) in [5, 5.41) is 5.76. The van der Waals surface area contributed by atoms with Gasteiger partial charge in [-0.3, -0.25) is 19.5 Å². The summed E-state index contributed by atoms with van der Waals surface area (Å²) in [5.41, 5.74) is 3.83. The molecular weight excluding hydrogens is 468 g/mol. The van der Waals surface area contributed by atoms with Crippen LogP contribution in [0.3, 0.4) is 0 Å². The highest BCUT2D eigenvalue weighted by Gasteiger charge is 2.28.